The lowest BCUT2D eigenvalue weighted by molar-refractivity contribution is -0.305. The van der Waals surface area contributed by atoms with Crippen molar-refractivity contribution in [1.29, 1.82) is 0 Å². The van der Waals surface area contributed by atoms with E-state index in [0.29, 0.717) is 19.6 Å². The summed E-state index contributed by atoms with van der Waals surface area (Å²) >= 11 is 0. The predicted octanol–water partition coefficient (Wildman–Crippen LogP) is 0.895. The number of piperidine rings is 1. The highest BCUT2D eigenvalue weighted by molar-refractivity contribution is 5.92. The molecule has 0 radical (unpaired) electrons. The number of aliphatic carboxylic acids is 1. The number of likely N-dealkylation sites (tertiary alicyclic amines) is 1. The highest BCUT2D eigenvalue weighted by Gasteiger charge is 2.36. The van der Waals surface area contributed by atoms with Gasteiger partial charge in [0.1, 0.15) is 5.69 Å². The number of carboxylic acids is 1. The average Bonchev–Trinajstić information content (AvgIpc) is 2.76. The molecule has 2 amide bonds. The number of nitrogens with zero attached hydrogens (tertiary/aromatic N) is 2. The molecule has 8 heteroatoms. The van der Waals surface area contributed by atoms with Gasteiger partial charge in [0.2, 0.25) is 11.8 Å². The van der Waals surface area contributed by atoms with E-state index in [0.717, 1.165) is 17.7 Å². The third-order valence-corrected chi connectivity index (χ3v) is 6.21. The van der Waals surface area contributed by atoms with Crippen molar-refractivity contribution < 1.29 is 19.5 Å². The Hall–Kier alpha value is -3.42. The lowest BCUT2D eigenvalue weighted by Crippen LogP contribution is -2.49. The molecule has 1 saturated heterocycles. The van der Waals surface area contributed by atoms with Gasteiger partial charge in [-0.05, 0) is 42.9 Å². The third kappa shape index (κ3) is 4.90. The number of hydrogen-bond acceptors (Lipinski definition) is 5. The number of carboxylic acid groups (broad SMARTS) is 1. The summed E-state index contributed by atoms with van der Waals surface area (Å²) in [4.78, 5) is 50.3. The van der Waals surface area contributed by atoms with Crippen LogP contribution in [-0.2, 0) is 27.3 Å². The number of carbonyl (C=O) groups is 3. The number of aromatic nitrogens is 1. The lowest BCUT2D eigenvalue weighted by atomic mass is 9.83. The van der Waals surface area contributed by atoms with Gasteiger partial charge in [0, 0.05) is 43.6 Å². The van der Waals surface area contributed by atoms with Crippen molar-refractivity contribution in [2.75, 3.05) is 18.4 Å². The highest BCUT2D eigenvalue weighted by atomic mass is 16.4. The zero-order valence-electron chi connectivity index (χ0n) is 17.8. The summed E-state index contributed by atoms with van der Waals surface area (Å²) in [7, 11) is 0. The SMILES string of the molecule is O=C([O-])CCCC(=O)N1C[C@@H]2C[C@H](C1)c1ccc(NC(=O)Cc3ccccc3)c(=O)n1C2. The van der Waals surface area contributed by atoms with Crippen LogP contribution in [0.25, 0.3) is 0 Å². The monoisotopic (exact) mass is 436 g/mol. The van der Waals surface area contributed by atoms with Gasteiger partial charge in [-0.3, -0.25) is 14.4 Å². The molecule has 1 N–H and O–H groups in total. The molecule has 0 spiro atoms. The number of nitrogens with one attached hydrogen (secondary N) is 1. The number of amides is 2. The van der Waals surface area contributed by atoms with Crippen molar-refractivity contribution in [3.63, 3.8) is 0 Å². The second-order valence-corrected chi connectivity index (χ2v) is 8.62. The molecular formula is C24H26N3O5-. The fourth-order valence-electron chi connectivity index (χ4n) is 4.76. The van der Waals surface area contributed by atoms with Crippen molar-refractivity contribution in [2.45, 2.75) is 44.6 Å². The Balaban J connectivity index is 1.44. The number of anilines is 1. The summed E-state index contributed by atoms with van der Waals surface area (Å²) in [6.45, 7) is 1.56. The quantitative estimate of drug-likeness (QED) is 0.693. The smallest absolute Gasteiger partial charge is 0.274 e. The molecule has 168 valence electrons. The van der Waals surface area contributed by atoms with E-state index in [1.54, 1.807) is 15.5 Å². The van der Waals surface area contributed by atoms with Crippen molar-refractivity contribution in [3.8, 4) is 0 Å². The standard InChI is InChI=1S/C24H27N3O5/c28-21(12-16-5-2-1-3-6-16)25-19-9-10-20-18-11-17(14-27(20)24(19)32)13-26(15-18)22(29)7-4-8-23(30)31/h1-3,5-6,9-10,17-18H,4,7-8,11-15H2,(H,25,28)(H,30,31)/p-1/t17-,18+/m0/s1. The Morgan fingerprint density at radius 1 is 1.00 bits per heavy atom. The van der Waals surface area contributed by atoms with Gasteiger partial charge in [0.15, 0.2) is 0 Å². The van der Waals surface area contributed by atoms with E-state index >= 15 is 0 Å². The van der Waals surface area contributed by atoms with Gasteiger partial charge >= 0.3 is 0 Å². The van der Waals surface area contributed by atoms with Gasteiger partial charge in [-0.2, -0.15) is 0 Å². The highest BCUT2D eigenvalue weighted by Crippen LogP contribution is 2.35. The molecule has 1 aromatic heterocycles. The Bertz CT molecular complexity index is 1080. The van der Waals surface area contributed by atoms with Crippen molar-refractivity contribution in [1.82, 2.24) is 9.47 Å². The molecule has 2 aliphatic heterocycles. The first-order valence-corrected chi connectivity index (χ1v) is 11.0. The number of pyridine rings is 1. The van der Waals surface area contributed by atoms with Crippen LogP contribution in [0.1, 0.15) is 42.9 Å². The van der Waals surface area contributed by atoms with E-state index in [9.17, 15) is 24.3 Å². The maximum Gasteiger partial charge on any atom is 0.274 e. The molecule has 2 bridgehead atoms. The van der Waals surface area contributed by atoms with Crippen molar-refractivity contribution >= 4 is 23.5 Å². The Labute approximate surface area is 185 Å². The normalized spacial score (nSPS) is 19.2. The molecule has 1 aromatic carbocycles. The molecule has 0 unspecified atom stereocenters. The number of benzene rings is 1. The maximum absolute atomic E-state index is 13.1. The van der Waals surface area contributed by atoms with Crippen LogP contribution in [-0.4, -0.2) is 40.3 Å². The fourth-order valence-corrected chi connectivity index (χ4v) is 4.76. The van der Waals surface area contributed by atoms with Crippen molar-refractivity contribution in [2.24, 2.45) is 5.92 Å². The largest absolute Gasteiger partial charge is 0.550 e. The predicted molar refractivity (Wildman–Crippen MR) is 116 cm³/mol. The Morgan fingerprint density at radius 3 is 2.53 bits per heavy atom. The van der Waals surface area contributed by atoms with E-state index in [-0.39, 0.29) is 60.6 Å². The Morgan fingerprint density at radius 2 is 1.78 bits per heavy atom. The second kappa shape index (κ2) is 9.38. The van der Waals surface area contributed by atoms with Crippen LogP contribution in [0.4, 0.5) is 5.69 Å². The van der Waals surface area contributed by atoms with Crippen LogP contribution in [0, 0.1) is 5.92 Å². The first-order chi connectivity index (χ1) is 15.4. The van der Waals surface area contributed by atoms with E-state index in [2.05, 4.69) is 5.32 Å². The second-order valence-electron chi connectivity index (χ2n) is 8.62. The molecule has 2 aliphatic rings. The van der Waals surface area contributed by atoms with Crippen LogP contribution in [0.3, 0.4) is 0 Å². The first kappa shape index (κ1) is 21.8. The first-order valence-electron chi connectivity index (χ1n) is 11.0. The topological polar surface area (TPSA) is 112 Å². The average molecular weight is 436 g/mol. The molecule has 4 rings (SSSR count). The van der Waals surface area contributed by atoms with E-state index in [1.807, 2.05) is 36.4 Å². The van der Waals surface area contributed by atoms with E-state index in [1.165, 1.54) is 0 Å². The number of hydrogen-bond donors (Lipinski definition) is 1. The molecule has 0 saturated carbocycles. The zero-order valence-corrected chi connectivity index (χ0v) is 17.8. The fraction of sp³-hybridized carbons (Fsp3) is 0.417. The summed E-state index contributed by atoms with van der Waals surface area (Å²) in [6, 6.07) is 12.9. The van der Waals surface area contributed by atoms with Crippen molar-refractivity contribution in [3.05, 3.63) is 64.1 Å². The van der Waals surface area contributed by atoms with Crippen LogP contribution in [0.2, 0.25) is 0 Å². The molecule has 1 fully saturated rings. The van der Waals surface area contributed by atoms with Gasteiger partial charge in [0.05, 0.1) is 6.42 Å². The summed E-state index contributed by atoms with van der Waals surface area (Å²) in [5, 5.41) is 13.3. The van der Waals surface area contributed by atoms with Gasteiger partial charge in [-0.1, -0.05) is 30.3 Å². The number of carbonyl (C=O) groups excluding carboxylic acids is 3. The molecule has 8 nitrogen and oxygen atoms in total. The van der Waals surface area contributed by atoms with E-state index < -0.39 is 5.97 Å². The summed E-state index contributed by atoms with van der Waals surface area (Å²) in [6.07, 6.45) is 1.44. The number of rotatable bonds is 7. The van der Waals surface area contributed by atoms with Crippen LogP contribution < -0.4 is 16.0 Å². The summed E-state index contributed by atoms with van der Waals surface area (Å²) in [5.74, 6) is -1.23. The lowest BCUT2D eigenvalue weighted by Gasteiger charge is -2.43. The molecule has 3 heterocycles. The molecular weight excluding hydrogens is 410 g/mol. The molecule has 2 atom stereocenters. The summed E-state index contributed by atoms with van der Waals surface area (Å²) in [5.41, 5.74) is 1.80. The van der Waals surface area contributed by atoms with Gasteiger partial charge < -0.3 is 24.7 Å². The van der Waals surface area contributed by atoms with Gasteiger partial charge in [0.25, 0.3) is 5.56 Å². The van der Waals surface area contributed by atoms with Crippen LogP contribution in [0.15, 0.2) is 47.3 Å². The molecule has 2 aromatic rings. The Kier molecular flexibility index (Phi) is 6.39. The summed E-state index contributed by atoms with van der Waals surface area (Å²) < 4.78 is 1.73. The van der Waals surface area contributed by atoms with Gasteiger partial charge in [-0.15, -0.1) is 0 Å². The van der Waals surface area contributed by atoms with E-state index in [4.69, 9.17) is 0 Å². The minimum atomic E-state index is -1.15. The van der Waals surface area contributed by atoms with Crippen LogP contribution in [0.5, 0.6) is 0 Å². The minimum Gasteiger partial charge on any atom is -0.550 e. The number of fused-ring (bicyclic) bond motifs is 4. The van der Waals surface area contributed by atoms with Crippen LogP contribution >= 0.6 is 0 Å². The zero-order chi connectivity index (χ0) is 22.7. The maximum atomic E-state index is 13.1. The molecule has 0 aliphatic carbocycles. The van der Waals surface area contributed by atoms with Gasteiger partial charge in [-0.25, -0.2) is 0 Å². The minimum absolute atomic E-state index is 0.0503. The molecule has 32 heavy (non-hydrogen) atoms. The third-order valence-electron chi connectivity index (χ3n) is 6.21.